The second kappa shape index (κ2) is 8.23. The molecule has 2 aromatic rings. The number of sulfone groups is 1. The van der Waals surface area contributed by atoms with Gasteiger partial charge in [-0.15, -0.1) is 0 Å². The van der Waals surface area contributed by atoms with E-state index in [1.807, 2.05) is 14.0 Å². The predicted molar refractivity (Wildman–Crippen MR) is 127 cm³/mol. The van der Waals surface area contributed by atoms with Crippen molar-refractivity contribution in [1.29, 1.82) is 0 Å². The quantitative estimate of drug-likeness (QED) is 0.602. The van der Waals surface area contributed by atoms with Gasteiger partial charge in [-0.05, 0) is 50.9 Å². The van der Waals surface area contributed by atoms with Gasteiger partial charge in [0.05, 0.1) is 22.2 Å². The molecule has 1 saturated carbocycles. The van der Waals surface area contributed by atoms with Crippen molar-refractivity contribution in [3.63, 3.8) is 0 Å². The Balaban J connectivity index is 1.33. The van der Waals surface area contributed by atoms with Crippen LogP contribution < -0.4 is 10.6 Å². The average Bonchev–Trinajstić information content (AvgIpc) is 3.13. The highest BCUT2D eigenvalue weighted by molar-refractivity contribution is 7.92. The molecule has 3 heterocycles. The zero-order valence-corrected chi connectivity index (χ0v) is 20.3. The first-order valence-electron chi connectivity index (χ1n) is 11.2. The van der Waals surface area contributed by atoms with Crippen molar-refractivity contribution in [3.05, 3.63) is 47.7 Å². The number of hydrogen-bond donors (Lipinski definition) is 2. The molecule has 1 aromatic carbocycles. The molecule has 3 aliphatic rings. The summed E-state index contributed by atoms with van der Waals surface area (Å²) in [5.41, 5.74) is 1.77. The van der Waals surface area contributed by atoms with E-state index in [9.17, 15) is 16.8 Å². The van der Waals surface area contributed by atoms with Crippen LogP contribution in [0.5, 0.6) is 0 Å². The van der Waals surface area contributed by atoms with E-state index in [1.54, 1.807) is 42.9 Å². The normalized spacial score (nSPS) is 25.4. The van der Waals surface area contributed by atoms with Crippen molar-refractivity contribution in [1.82, 2.24) is 19.5 Å². The first-order valence-corrected chi connectivity index (χ1v) is 14.3. The molecular weight excluding hydrogens is 462 g/mol. The lowest BCUT2D eigenvalue weighted by molar-refractivity contribution is 0.106. The maximum atomic E-state index is 13.2. The standard InChI is InChI=1S/C22H29N5O4S2/c1-15-3-5-18(6-4-15)33(30,31)27-8-7-20-21(23-2)26(14-25-22(20)27)17-9-16(10-17)13-32(28,29)19-11-24-12-19/h3-8,14,16-17,19,21,23-24H,9-13H2,1-2H3/t16-,17-,21?. The molecule has 0 amide bonds. The second-order valence-corrected chi connectivity index (χ2v) is 13.3. The molecule has 33 heavy (non-hydrogen) atoms. The molecule has 1 unspecified atom stereocenters. The minimum Gasteiger partial charge on any atom is -0.340 e. The molecule has 1 aliphatic carbocycles. The fraction of sp³-hybridized carbons (Fsp3) is 0.500. The molecular formula is C22H29N5O4S2. The molecule has 1 atom stereocenters. The Morgan fingerprint density at radius 1 is 1.09 bits per heavy atom. The van der Waals surface area contributed by atoms with E-state index in [0.29, 0.717) is 18.9 Å². The van der Waals surface area contributed by atoms with Crippen LogP contribution >= 0.6 is 0 Å². The lowest BCUT2D eigenvalue weighted by Crippen LogP contribution is -2.55. The molecule has 0 bridgehead atoms. The maximum Gasteiger partial charge on any atom is 0.269 e. The van der Waals surface area contributed by atoms with Gasteiger partial charge >= 0.3 is 0 Å². The van der Waals surface area contributed by atoms with Gasteiger partial charge < -0.3 is 10.2 Å². The van der Waals surface area contributed by atoms with Crippen LogP contribution in [0.3, 0.4) is 0 Å². The van der Waals surface area contributed by atoms with Crippen LogP contribution in [0.15, 0.2) is 46.4 Å². The van der Waals surface area contributed by atoms with E-state index in [-0.39, 0.29) is 34.0 Å². The topological polar surface area (TPSA) is 113 Å². The van der Waals surface area contributed by atoms with Crippen LogP contribution in [0.4, 0.5) is 5.82 Å². The minimum atomic E-state index is -3.76. The molecule has 2 aliphatic heterocycles. The summed E-state index contributed by atoms with van der Waals surface area (Å²) in [5.74, 6) is 0.781. The number of nitrogens with zero attached hydrogens (tertiary/aromatic N) is 3. The molecule has 0 spiro atoms. The van der Waals surface area contributed by atoms with E-state index in [4.69, 9.17) is 0 Å². The number of rotatable bonds is 7. The van der Waals surface area contributed by atoms with Crippen molar-refractivity contribution < 1.29 is 16.8 Å². The highest BCUT2D eigenvalue weighted by atomic mass is 32.2. The van der Waals surface area contributed by atoms with Crippen LogP contribution in [0.1, 0.15) is 30.1 Å². The number of aliphatic imine (C=N–C) groups is 1. The van der Waals surface area contributed by atoms with Gasteiger partial charge in [0.2, 0.25) is 0 Å². The van der Waals surface area contributed by atoms with E-state index in [1.165, 1.54) is 3.97 Å². The van der Waals surface area contributed by atoms with E-state index >= 15 is 0 Å². The summed E-state index contributed by atoms with van der Waals surface area (Å²) < 4.78 is 52.6. The molecule has 1 aromatic heterocycles. The highest BCUT2D eigenvalue weighted by Crippen LogP contribution is 2.41. The molecule has 2 fully saturated rings. The summed E-state index contributed by atoms with van der Waals surface area (Å²) in [6.07, 6.45) is 4.57. The van der Waals surface area contributed by atoms with Crippen molar-refractivity contribution >= 4 is 32.0 Å². The Morgan fingerprint density at radius 2 is 1.79 bits per heavy atom. The van der Waals surface area contributed by atoms with Crippen molar-refractivity contribution in [2.45, 2.75) is 42.1 Å². The average molecular weight is 492 g/mol. The SMILES string of the molecule is CNC1c2ccn(S(=O)(=O)c3ccc(C)cc3)c2N=CN1[C@H]1C[C@H](CS(=O)(=O)C2CNC2)C1. The zero-order valence-electron chi connectivity index (χ0n) is 18.7. The third-order valence-corrected chi connectivity index (χ3v) is 10.9. The molecule has 1 saturated heterocycles. The molecule has 11 heteroatoms. The number of benzene rings is 1. The number of fused-ring (bicyclic) bond motifs is 1. The van der Waals surface area contributed by atoms with Gasteiger partial charge in [0.25, 0.3) is 10.0 Å². The lowest BCUT2D eigenvalue weighted by atomic mass is 9.80. The summed E-state index contributed by atoms with van der Waals surface area (Å²) >= 11 is 0. The van der Waals surface area contributed by atoms with E-state index < -0.39 is 19.9 Å². The van der Waals surface area contributed by atoms with Crippen LogP contribution in [0.25, 0.3) is 0 Å². The van der Waals surface area contributed by atoms with Crippen molar-refractivity contribution in [2.24, 2.45) is 10.9 Å². The first kappa shape index (κ1) is 22.6. The van der Waals surface area contributed by atoms with Crippen LogP contribution in [-0.4, -0.2) is 69.2 Å². The highest BCUT2D eigenvalue weighted by Gasteiger charge is 2.42. The van der Waals surface area contributed by atoms with Crippen molar-refractivity contribution in [3.8, 4) is 0 Å². The molecule has 5 rings (SSSR count). The minimum absolute atomic E-state index is 0.152. The van der Waals surface area contributed by atoms with Gasteiger partial charge in [0.1, 0.15) is 6.17 Å². The van der Waals surface area contributed by atoms with Crippen LogP contribution in [0.2, 0.25) is 0 Å². The zero-order chi connectivity index (χ0) is 23.4. The Hall–Kier alpha value is -2.21. The summed E-state index contributed by atoms with van der Waals surface area (Å²) in [6.45, 7) is 3.03. The number of aromatic nitrogens is 1. The summed E-state index contributed by atoms with van der Waals surface area (Å²) in [4.78, 5) is 6.81. The molecule has 0 radical (unpaired) electrons. The van der Waals surface area contributed by atoms with E-state index in [2.05, 4.69) is 20.5 Å². The number of nitrogens with one attached hydrogen (secondary N) is 2. The van der Waals surface area contributed by atoms with Gasteiger partial charge in [-0.25, -0.2) is 25.8 Å². The van der Waals surface area contributed by atoms with Gasteiger partial charge in [0, 0.05) is 30.9 Å². The van der Waals surface area contributed by atoms with Gasteiger partial charge in [-0.3, -0.25) is 5.32 Å². The van der Waals surface area contributed by atoms with Gasteiger partial charge in [0.15, 0.2) is 15.7 Å². The van der Waals surface area contributed by atoms with Crippen LogP contribution in [0, 0.1) is 12.8 Å². The smallest absolute Gasteiger partial charge is 0.269 e. The molecule has 178 valence electrons. The Kier molecular flexibility index (Phi) is 5.63. The fourth-order valence-corrected chi connectivity index (χ4v) is 8.06. The Bertz CT molecular complexity index is 1270. The number of aryl methyl sites for hydroxylation is 1. The summed E-state index contributed by atoms with van der Waals surface area (Å²) in [7, 11) is -4.98. The third kappa shape index (κ3) is 3.90. The monoisotopic (exact) mass is 491 g/mol. The second-order valence-electron chi connectivity index (χ2n) is 9.19. The summed E-state index contributed by atoms with van der Waals surface area (Å²) in [5, 5.41) is 6.06. The summed E-state index contributed by atoms with van der Waals surface area (Å²) in [6, 6.07) is 8.71. The van der Waals surface area contributed by atoms with Gasteiger partial charge in [-0.2, -0.15) is 0 Å². The lowest BCUT2D eigenvalue weighted by Gasteiger charge is -2.46. The largest absolute Gasteiger partial charge is 0.340 e. The predicted octanol–water partition coefficient (Wildman–Crippen LogP) is 1.39. The third-order valence-electron chi connectivity index (χ3n) is 6.97. The Labute approximate surface area is 194 Å². The Morgan fingerprint density at radius 3 is 2.39 bits per heavy atom. The van der Waals surface area contributed by atoms with Gasteiger partial charge in [-0.1, -0.05) is 17.7 Å². The first-order chi connectivity index (χ1) is 15.7. The molecule has 9 nitrogen and oxygen atoms in total. The molecule has 2 N–H and O–H groups in total. The van der Waals surface area contributed by atoms with E-state index in [0.717, 1.165) is 24.0 Å². The number of hydrogen-bond acceptors (Lipinski definition) is 8. The maximum absolute atomic E-state index is 13.2. The fourth-order valence-electron chi connectivity index (χ4n) is 4.80. The van der Waals surface area contributed by atoms with Crippen molar-refractivity contribution in [2.75, 3.05) is 25.9 Å². The van der Waals surface area contributed by atoms with Crippen LogP contribution in [-0.2, 0) is 19.9 Å².